The Morgan fingerprint density at radius 2 is 1.68 bits per heavy atom. The molecule has 1 heterocycles. The molecule has 7 heteroatoms. The van der Waals surface area contributed by atoms with Gasteiger partial charge in [0.15, 0.2) is 11.5 Å². The van der Waals surface area contributed by atoms with E-state index < -0.39 is 5.92 Å². The van der Waals surface area contributed by atoms with Gasteiger partial charge in [-0.2, -0.15) is 0 Å². The predicted octanol–water partition coefficient (Wildman–Crippen LogP) is 4.02. The van der Waals surface area contributed by atoms with E-state index in [1.165, 1.54) is 12.1 Å². The summed E-state index contributed by atoms with van der Waals surface area (Å²) in [5, 5.41) is 2.95. The zero-order valence-corrected chi connectivity index (χ0v) is 19.2. The van der Waals surface area contributed by atoms with E-state index in [2.05, 4.69) is 5.32 Å². The lowest BCUT2D eigenvalue weighted by molar-refractivity contribution is -0.125. The molecule has 2 atom stereocenters. The average Bonchev–Trinajstić information content (AvgIpc) is 3.33. The van der Waals surface area contributed by atoms with Crippen molar-refractivity contribution in [2.45, 2.75) is 12.5 Å². The number of benzene rings is 3. The highest BCUT2D eigenvalue weighted by Gasteiger charge is 2.42. The molecule has 6 nitrogen and oxygen atoms in total. The summed E-state index contributed by atoms with van der Waals surface area (Å²) >= 11 is 0. The van der Waals surface area contributed by atoms with Crippen LogP contribution in [0.15, 0.2) is 72.8 Å². The highest BCUT2D eigenvalue weighted by atomic mass is 19.1. The number of amides is 2. The topological polar surface area (TPSA) is 67.9 Å². The molecule has 1 aliphatic rings. The minimum Gasteiger partial charge on any atom is -0.493 e. The Hall–Kier alpha value is -3.87. The number of hydrogen-bond donors (Lipinski definition) is 1. The van der Waals surface area contributed by atoms with Crippen LogP contribution < -0.4 is 14.8 Å². The van der Waals surface area contributed by atoms with Crippen LogP contribution in [0.5, 0.6) is 11.5 Å². The van der Waals surface area contributed by atoms with Crippen LogP contribution in [0.1, 0.15) is 27.4 Å². The molecule has 1 fully saturated rings. The molecule has 3 aromatic rings. The molecule has 0 aromatic heterocycles. The van der Waals surface area contributed by atoms with Gasteiger partial charge in [0.2, 0.25) is 5.91 Å². The first kappa shape index (κ1) is 23.3. The van der Waals surface area contributed by atoms with Gasteiger partial charge in [-0.3, -0.25) is 9.59 Å². The number of likely N-dealkylation sites (tertiary alicyclic amines) is 1. The van der Waals surface area contributed by atoms with E-state index in [4.69, 9.17) is 9.47 Å². The largest absolute Gasteiger partial charge is 0.493 e. The van der Waals surface area contributed by atoms with Crippen LogP contribution in [-0.4, -0.2) is 44.0 Å². The highest BCUT2D eigenvalue weighted by molar-refractivity contribution is 5.95. The Bertz CT molecular complexity index is 1150. The molecule has 0 radical (unpaired) electrons. The van der Waals surface area contributed by atoms with Crippen molar-refractivity contribution in [3.8, 4) is 11.5 Å². The van der Waals surface area contributed by atoms with Gasteiger partial charge in [0.1, 0.15) is 5.82 Å². The second-order valence-electron chi connectivity index (χ2n) is 8.22. The first-order chi connectivity index (χ1) is 16.5. The fourth-order valence-corrected chi connectivity index (χ4v) is 4.44. The molecule has 1 N–H and O–H groups in total. The Morgan fingerprint density at radius 1 is 0.941 bits per heavy atom. The number of hydrogen-bond acceptors (Lipinski definition) is 4. The van der Waals surface area contributed by atoms with Gasteiger partial charge >= 0.3 is 0 Å². The maximum Gasteiger partial charge on any atom is 0.253 e. The first-order valence-corrected chi connectivity index (χ1v) is 11.1. The van der Waals surface area contributed by atoms with Gasteiger partial charge < -0.3 is 19.7 Å². The van der Waals surface area contributed by atoms with Gasteiger partial charge in [0.25, 0.3) is 5.91 Å². The molecule has 0 unspecified atom stereocenters. The van der Waals surface area contributed by atoms with Crippen molar-refractivity contribution in [2.24, 2.45) is 5.92 Å². The minimum absolute atomic E-state index is 0.124. The fraction of sp³-hybridized carbons (Fsp3) is 0.259. The summed E-state index contributed by atoms with van der Waals surface area (Å²) < 4.78 is 24.3. The molecule has 0 aliphatic carbocycles. The molecule has 2 amide bonds. The molecule has 176 valence electrons. The number of methoxy groups -OCH3 is 2. The van der Waals surface area contributed by atoms with Gasteiger partial charge in [-0.15, -0.1) is 0 Å². The molecule has 0 spiro atoms. The zero-order valence-electron chi connectivity index (χ0n) is 19.2. The van der Waals surface area contributed by atoms with Crippen molar-refractivity contribution < 1.29 is 23.5 Å². The number of nitrogens with one attached hydrogen (secondary N) is 1. The van der Waals surface area contributed by atoms with E-state index in [0.29, 0.717) is 23.6 Å². The third kappa shape index (κ3) is 4.88. The summed E-state index contributed by atoms with van der Waals surface area (Å²) in [5.74, 6) is -0.284. The van der Waals surface area contributed by atoms with Crippen molar-refractivity contribution in [1.29, 1.82) is 0 Å². The van der Waals surface area contributed by atoms with Gasteiger partial charge in [-0.25, -0.2) is 4.39 Å². The van der Waals surface area contributed by atoms with E-state index in [9.17, 15) is 14.0 Å². The van der Waals surface area contributed by atoms with Crippen molar-refractivity contribution in [2.75, 3.05) is 27.3 Å². The van der Waals surface area contributed by atoms with Crippen LogP contribution in [0.3, 0.4) is 0 Å². The fourth-order valence-electron chi connectivity index (χ4n) is 4.44. The lowest BCUT2D eigenvalue weighted by Crippen LogP contribution is -2.35. The van der Waals surface area contributed by atoms with Crippen LogP contribution in [0, 0.1) is 11.7 Å². The van der Waals surface area contributed by atoms with Crippen LogP contribution in [0.4, 0.5) is 4.39 Å². The predicted molar refractivity (Wildman–Crippen MR) is 126 cm³/mol. The minimum atomic E-state index is -0.492. The molecular weight excluding hydrogens is 435 g/mol. The number of ether oxygens (including phenoxy) is 2. The van der Waals surface area contributed by atoms with Crippen LogP contribution in [0.2, 0.25) is 0 Å². The summed E-state index contributed by atoms with van der Waals surface area (Å²) in [5.41, 5.74) is 2.18. The lowest BCUT2D eigenvalue weighted by atomic mass is 9.87. The second-order valence-corrected chi connectivity index (χ2v) is 8.22. The van der Waals surface area contributed by atoms with Crippen LogP contribution in [-0.2, 0) is 11.3 Å². The SMILES string of the molecule is COc1cccc([C@@H]2CN(C(=O)c3ccccc3)C[C@H]2C(=O)NCc2ccc(F)cc2)c1OC. The summed E-state index contributed by atoms with van der Waals surface area (Å²) in [6.45, 7) is 0.907. The van der Waals surface area contributed by atoms with Crippen molar-refractivity contribution in [3.05, 3.63) is 95.3 Å². The lowest BCUT2D eigenvalue weighted by Gasteiger charge is -2.21. The molecular formula is C27H27FN2O4. The van der Waals surface area contributed by atoms with Gasteiger partial charge in [-0.1, -0.05) is 42.5 Å². The van der Waals surface area contributed by atoms with E-state index in [0.717, 1.165) is 11.1 Å². The average molecular weight is 463 g/mol. The Labute approximate surface area is 198 Å². The zero-order chi connectivity index (χ0) is 24.1. The molecule has 4 rings (SSSR count). The maximum atomic E-state index is 13.3. The Balaban J connectivity index is 1.61. The third-order valence-corrected chi connectivity index (χ3v) is 6.18. The molecule has 0 saturated carbocycles. The second kappa shape index (κ2) is 10.4. The summed E-state index contributed by atoms with van der Waals surface area (Å²) in [6.07, 6.45) is 0. The third-order valence-electron chi connectivity index (χ3n) is 6.18. The summed E-state index contributed by atoms with van der Waals surface area (Å²) in [7, 11) is 3.13. The number of carbonyl (C=O) groups is 2. The smallest absolute Gasteiger partial charge is 0.253 e. The van der Waals surface area contributed by atoms with Crippen molar-refractivity contribution >= 4 is 11.8 Å². The maximum absolute atomic E-state index is 13.3. The molecule has 3 aromatic carbocycles. The highest BCUT2D eigenvalue weighted by Crippen LogP contribution is 2.42. The van der Waals surface area contributed by atoms with Crippen molar-refractivity contribution in [1.82, 2.24) is 10.2 Å². The van der Waals surface area contributed by atoms with Crippen LogP contribution >= 0.6 is 0 Å². The number of para-hydroxylation sites is 1. The number of carbonyl (C=O) groups excluding carboxylic acids is 2. The molecule has 1 saturated heterocycles. The van der Waals surface area contributed by atoms with Crippen molar-refractivity contribution in [3.63, 3.8) is 0 Å². The van der Waals surface area contributed by atoms with Gasteiger partial charge in [0, 0.05) is 36.7 Å². The standard InChI is InChI=1S/C27H27FN2O4/c1-33-24-10-6-9-21(25(24)34-2)22-16-30(27(32)19-7-4-3-5-8-19)17-23(22)26(31)29-15-18-11-13-20(28)14-12-18/h3-14,22-23H,15-17H2,1-2H3,(H,29,31)/t22-,23+/m0/s1. The number of nitrogens with zero attached hydrogens (tertiary/aromatic N) is 1. The van der Waals surface area contributed by atoms with E-state index >= 15 is 0 Å². The molecule has 34 heavy (non-hydrogen) atoms. The molecule has 0 bridgehead atoms. The quantitative estimate of drug-likeness (QED) is 0.576. The first-order valence-electron chi connectivity index (χ1n) is 11.1. The summed E-state index contributed by atoms with van der Waals surface area (Å²) in [6, 6.07) is 20.6. The summed E-state index contributed by atoms with van der Waals surface area (Å²) in [4.78, 5) is 28.2. The van der Waals surface area contributed by atoms with E-state index in [1.54, 1.807) is 49.5 Å². The Kier molecular flexibility index (Phi) is 7.11. The normalized spacial score (nSPS) is 17.3. The Morgan fingerprint density at radius 3 is 2.35 bits per heavy atom. The van der Waals surface area contributed by atoms with E-state index in [1.807, 2.05) is 30.3 Å². The number of halogens is 1. The molecule has 1 aliphatic heterocycles. The van der Waals surface area contributed by atoms with E-state index in [-0.39, 0.29) is 36.6 Å². The van der Waals surface area contributed by atoms with Gasteiger partial charge in [0.05, 0.1) is 20.1 Å². The van der Waals surface area contributed by atoms with Crippen LogP contribution in [0.25, 0.3) is 0 Å². The number of rotatable bonds is 7. The van der Waals surface area contributed by atoms with Gasteiger partial charge in [-0.05, 0) is 35.9 Å². The monoisotopic (exact) mass is 462 g/mol.